The van der Waals surface area contributed by atoms with Crippen molar-refractivity contribution in [2.75, 3.05) is 31.6 Å². The molecular formula is C33H34N2O3. The molecule has 1 amide bonds. The zero-order valence-corrected chi connectivity index (χ0v) is 21.5. The molecule has 5 rings (SSSR count). The Morgan fingerprint density at radius 2 is 1.63 bits per heavy atom. The van der Waals surface area contributed by atoms with E-state index < -0.39 is 6.10 Å². The van der Waals surface area contributed by atoms with E-state index in [4.69, 9.17) is 4.74 Å². The SMILES string of the molecule is O=C(C=Cc1ccccc1OCC(O)CN1CCC(c2ccc3ccccc3c2)CC1)Nc1ccccc1. The van der Waals surface area contributed by atoms with Gasteiger partial charge in [-0.25, -0.2) is 0 Å². The average Bonchev–Trinajstić information content (AvgIpc) is 2.96. The number of nitrogens with one attached hydrogen (secondary N) is 1. The van der Waals surface area contributed by atoms with Crippen molar-refractivity contribution in [1.29, 1.82) is 0 Å². The number of rotatable bonds is 9. The molecule has 1 saturated heterocycles. The molecule has 0 bridgehead atoms. The van der Waals surface area contributed by atoms with Crippen LogP contribution in [0.3, 0.4) is 0 Å². The second kappa shape index (κ2) is 12.5. The molecule has 0 radical (unpaired) electrons. The monoisotopic (exact) mass is 506 g/mol. The maximum absolute atomic E-state index is 12.3. The Bertz CT molecular complexity index is 1380. The van der Waals surface area contributed by atoms with Crippen LogP contribution in [-0.4, -0.2) is 48.3 Å². The smallest absolute Gasteiger partial charge is 0.248 e. The van der Waals surface area contributed by atoms with E-state index in [1.807, 2.05) is 54.6 Å². The highest BCUT2D eigenvalue weighted by Crippen LogP contribution is 2.30. The van der Waals surface area contributed by atoms with E-state index in [0.29, 0.717) is 18.2 Å². The molecular weight excluding hydrogens is 472 g/mol. The van der Waals surface area contributed by atoms with E-state index in [1.165, 1.54) is 22.4 Å². The summed E-state index contributed by atoms with van der Waals surface area (Å²) in [7, 11) is 0. The van der Waals surface area contributed by atoms with Gasteiger partial charge in [-0.2, -0.15) is 0 Å². The molecule has 4 aromatic rings. The molecule has 1 aliphatic heterocycles. The van der Waals surface area contributed by atoms with E-state index in [-0.39, 0.29) is 12.5 Å². The van der Waals surface area contributed by atoms with Crippen molar-refractivity contribution in [3.63, 3.8) is 0 Å². The van der Waals surface area contributed by atoms with Crippen molar-refractivity contribution in [3.8, 4) is 5.75 Å². The van der Waals surface area contributed by atoms with Crippen LogP contribution in [0.15, 0.2) is 103 Å². The van der Waals surface area contributed by atoms with Crippen molar-refractivity contribution in [3.05, 3.63) is 114 Å². The lowest BCUT2D eigenvalue weighted by molar-refractivity contribution is -0.111. The summed E-state index contributed by atoms with van der Waals surface area (Å²) >= 11 is 0. The van der Waals surface area contributed by atoms with Crippen LogP contribution >= 0.6 is 0 Å². The highest BCUT2D eigenvalue weighted by atomic mass is 16.5. The van der Waals surface area contributed by atoms with Crippen LogP contribution in [0.5, 0.6) is 5.75 Å². The number of aliphatic hydroxyl groups is 1. The molecule has 0 spiro atoms. The number of anilines is 1. The van der Waals surface area contributed by atoms with E-state index in [9.17, 15) is 9.90 Å². The Balaban J connectivity index is 1.09. The van der Waals surface area contributed by atoms with Crippen molar-refractivity contribution in [2.24, 2.45) is 0 Å². The Morgan fingerprint density at radius 3 is 2.45 bits per heavy atom. The van der Waals surface area contributed by atoms with E-state index >= 15 is 0 Å². The number of hydrogen-bond donors (Lipinski definition) is 2. The van der Waals surface area contributed by atoms with Crippen molar-refractivity contribution in [2.45, 2.75) is 24.9 Å². The van der Waals surface area contributed by atoms with Crippen LogP contribution in [0.2, 0.25) is 0 Å². The lowest BCUT2D eigenvalue weighted by atomic mass is 9.88. The van der Waals surface area contributed by atoms with Gasteiger partial charge in [0.25, 0.3) is 0 Å². The normalized spacial score (nSPS) is 15.5. The lowest BCUT2D eigenvalue weighted by Gasteiger charge is -2.33. The van der Waals surface area contributed by atoms with Crippen LogP contribution in [0, 0.1) is 0 Å². The maximum atomic E-state index is 12.3. The minimum atomic E-state index is -0.592. The quantitative estimate of drug-likeness (QED) is 0.269. The number of benzene rings is 4. The van der Waals surface area contributed by atoms with Gasteiger partial charge in [0.2, 0.25) is 5.91 Å². The van der Waals surface area contributed by atoms with Gasteiger partial charge in [-0.05, 0) is 72.5 Å². The average molecular weight is 507 g/mol. The first-order valence-electron chi connectivity index (χ1n) is 13.3. The number of piperidine rings is 1. The molecule has 5 nitrogen and oxygen atoms in total. The number of β-amino-alcohol motifs (C(OH)–C–C–N with tert-alkyl or cyclic N) is 1. The predicted octanol–water partition coefficient (Wildman–Crippen LogP) is 6.11. The number of fused-ring (bicyclic) bond motifs is 1. The number of carbonyl (C=O) groups excluding carboxylic acids is 1. The number of nitrogens with zero attached hydrogens (tertiary/aromatic N) is 1. The number of para-hydroxylation sites is 2. The summed E-state index contributed by atoms with van der Waals surface area (Å²) in [6, 6.07) is 32.2. The first-order chi connectivity index (χ1) is 18.6. The molecule has 1 unspecified atom stereocenters. The molecule has 0 saturated carbocycles. The molecule has 38 heavy (non-hydrogen) atoms. The van der Waals surface area contributed by atoms with E-state index in [1.54, 1.807) is 6.08 Å². The Labute approximate surface area is 224 Å². The third kappa shape index (κ3) is 6.88. The second-order valence-electron chi connectivity index (χ2n) is 9.87. The number of amides is 1. The van der Waals surface area contributed by atoms with Gasteiger partial charge in [-0.15, -0.1) is 0 Å². The molecule has 0 aliphatic carbocycles. The molecule has 1 aliphatic rings. The van der Waals surface area contributed by atoms with Crippen LogP contribution in [0.4, 0.5) is 5.69 Å². The van der Waals surface area contributed by atoms with Crippen LogP contribution in [0.25, 0.3) is 16.8 Å². The number of hydrogen-bond acceptors (Lipinski definition) is 4. The third-order valence-electron chi connectivity index (χ3n) is 7.11. The zero-order chi connectivity index (χ0) is 26.2. The second-order valence-corrected chi connectivity index (χ2v) is 9.87. The van der Waals surface area contributed by atoms with Crippen LogP contribution < -0.4 is 10.1 Å². The molecule has 0 aromatic heterocycles. The Hall–Kier alpha value is -3.93. The molecule has 5 heteroatoms. The van der Waals surface area contributed by atoms with Crippen LogP contribution in [-0.2, 0) is 4.79 Å². The van der Waals surface area contributed by atoms with Gasteiger partial charge in [-0.1, -0.05) is 78.9 Å². The van der Waals surface area contributed by atoms with Gasteiger partial charge in [0.15, 0.2) is 0 Å². The van der Waals surface area contributed by atoms with Crippen molar-refractivity contribution < 1.29 is 14.6 Å². The summed E-state index contributed by atoms with van der Waals surface area (Å²) in [5.41, 5.74) is 2.95. The number of ether oxygens (including phenoxy) is 1. The fraction of sp³-hybridized carbons (Fsp3) is 0.242. The summed E-state index contributed by atoms with van der Waals surface area (Å²) in [4.78, 5) is 14.6. The summed E-state index contributed by atoms with van der Waals surface area (Å²) in [5.74, 6) is 0.991. The fourth-order valence-corrected chi connectivity index (χ4v) is 5.07. The summed E-state index contributed by atoms with van der Waals surface area (Å²) in [6.07, 6.45) is 4.81. The highest BCUT2D eigenvalue weighted by Gasteiger charge is 2.22. The van der Waals surface area contributed by atoms with Gasteiger partial charge in [0.1, 0.15) is 18.5 Å². The van der Waals surface area contributed by atoms with Gasteiger partial charge in [0, 0.05) is 23.9 Å². The Morgan fingerprint density at radius 1 is 0.921 bits per heavy atom. The Kier molecular flexibility index (Phi) is 8.49. The first kappa shape index (κ1) is 25.7. The van der Waals surface area contributed by atoms with E-state index in [0.717, 1.165) is 37.2 Å². The molecule has 1 atom stereocenters. The standard InChI is InChI=1S/C33H34N2O3/c36-31(23-35-20-18-26(19-21-35)29-15-14-25-8-4-5-10-28(25)22-29)24-38-32-13-7-6-9-27(32)16-17-33(37)34-30-11-2-1-3-12-30/h1-17,22,26,31,36H,18-21,23-24H2,(H,34,37). The van der Waals surface area contributed by atoms with Gasteiger partial charge < -0.3 is 20.1 Å². The lowest BCUT2D eigenvalue weighted by Crippen LogP contribution is -2.40. The van der Waals surface area contributed by atoms with Gasteiger partial charge in [0.05, 0.1) is 0 Å². The molecule has 194 valence electrons. The van der Waals surface area contributed by atoms with Gasteiger partial charge >= 0.3 is 0 Å². The predicted molar refractivity (Wildman–Crippen MR) is 154 cm³/mol. The van der Waals surface area contributed by atoms with Crippen LogP contribution in [0.1, 0.15) is 29.9 Å². The van der Waals surface area contributed by atoms with Crippen molar-refractivity contribution >= 4 is 28.4 Å². The third-order valence-corrected chi connectivity index (χ3v) is 7.11. The summed E-state index contributed by atoms with van der Waals surface area (Å²) < 4.78 is 5.96. The maximum Gasteiger partial charge on any atom is 0.248 e. The molecule has 4 aromatic carbocycles. The number of aliphatic hydroxyl groups excluding tert-OH is 1. The highest BCUT2D eigenvalue weighted by molar-refractivity contribution is 6.02. The van der Waals surface area contributed by atoms with E-state index in [2.05, 4.69) is 52.7 Å². The number of likely N-dealkylation sites (tertiary alicyclic amines) is 1. The largest absolute Gasteiger partial charge is 0.490 e. The minimum absolute atomic E-state index is 0.200. The first-order valence-corrected chi connectivity index (χ1v) is 13.3. The fourth-order valence-electron chi connectivity index (χ4n) is 5.07. The summed E-state index contributed by atoms with van der Waals surface area (Å²) in [5, 5.41) is 16.1. The number of carbonyl (C=O) groups is 1. The molecule has 2 N–H and O–H groups in total. The molecule has 1 heterocycles. The minimum Gasteiger partial charge on any atom is -0.490 e. The van der Waals surface area contributed by atoms with Crippen molar-refractivity contribution in [1.82, 2.24) is 4.90 Å². The topological polar surface area (TPSA) is 61.8 Å². The zero-order valence-electron chi connectivity index (χ0n) is 21.5. The van der Waals surface area contributed by atoms with Gasteiger partial charge in [-0.3, -0.25) is 4.79 Å². The summed E-state index contributed by atoms with van der Waals surface area (Å²) in [6.45, 7) is 2.71. The molecule has 1 fully saturated rings.